The van der Waals surface area contributed by atoms with Gasteiger partial charge in [0.05, 0.1) is 0 Å². The molecule has 0 aliphatic heterocycles. The molecule has 0 unspecified atom stereocenters. The summed E-state index contributed by atoms with van der Waals surface area (Å²) in [7, 11) is 0. The van der Waals surface area contributed by atoms with E-state index >= 15 is 0 Å². The lowest BCUT2D eigenvalue weighted by molar-refractivity contribution is 0.0989. The molecule has 0 saturated heterocycles. The van der Waals surface area contributed by atoms with E-state index in [1.54, 1.807) is 18.2 Å². The zero-order valence-corrected chi connectivity index (χ0v) is 11.9. The van der Waals surface area contributed by atoms with E-state index < -0.39 is 5.82 Å². The largest absolute Gasteiger partial charge is 0.294 e. The minimum Gasteiger partial charge on any atom is -0.294 e. The number of ketones is 1. The van der Waals surface area contributed by atoms with E-state index in [2.05, 4.69) is 0 Å². The third-order valence-corrected chi connectivity index (χ3v) is 3.96. The van der Waals surface area contributed by atoms with Gasteiger partial charge in [0.25, 0.3) is 0 Å². The average Bonchev–Trinajstić information content (AvgIpc) is 2.42. The van der Waals surface area contributed by atoms with Gasteiger partial charge in [-0.3, -0.25) is 4.79 Å². The highest BCUT2D eigenvalue weighted by atomic mass is 35.5. The molecule has 0 aliphatic rings. The van der Waals surface area contributed by atoms with Crippen molar-refractivity contribution in [3.8, 4) is 0 Å². The summed E-state index contributed by atoms with van der Waals surface area (Å²) in [6.45, 7) is 0. The smallest absolute Gasteiger partial charge is 0.168 e. The van der Waals surface area contributed by atoms with Crippen LogP contribution >= 0.6 is 23.4 Å². The molecule has 4 heteroatoms. The molecule has 2 aromatic rings. The first-order valence-corrected chi connectivity index (χ1v) is 7.33. The van der Waals surface area contributed by atoms with E-state index in [9.17, 15) is 9.18 Å². The van der Waals surface area contributed by atoms with Crippen molar-refractivity contribution in [3.63, 3.8) is 0 Å². The van der Waals surface area contributed by atoms with Gasteiger partial charge >= 0.3 is 0 Å². The Bertz CT molecular complexity index is 593. The molecule has 0 bridgehead atoms. The highest BCUT2D eigenvalue weighted by Crippen LogP contribution is 2.24. The third-order valence-electron chi connectivity index (χ3n) is 2.81. The maximum absolute atomic E-state index is 13.7. The molecule has 19 heavy (non-hydrogen) atoms. The Morgan fingerprint density at radius 1 is 1.21 bits per heavy atom. The van der Waals surface area contributed by atoms with Crippen LogP contribution in [-0.2, 0) is 6.42 Å². The van der Waals surface area contributed by atoms with Crippen molar-refractivity contribution in [1.29, 1.82) is 0 Å². The topological polar surface area (TPSA) is 17.1 Å². The molecule has 2 rings (SSSR count). The van der Waals surface area contributed by atoms with Crippen molar-refractivity contribution < 1.29 is 9.18 Å². The van der Waals surface area contributed by atoms with Crippen LogP contribution < -0.4 is 0 Å². The maximum Gasteiger partial charge on any atom is 0.168 e. The number of Topliss-reactive ketones (excluding diaryl/α,β-unsaturated/α-hetero) is 1. The van der Waals surface area contributed by atoms with E-state index in [0.717, 1.165) is 4.90 Å². The molecule has 0 N–H and O–H groups in total. The van der Waals surface area contributed by atoms with E-state index in [0.29, 0.717) is 5.56 Å². The summed E-state index contributed by atoms with van der Waals surface area (Å²) in [4.78, 5) is 13.1. The molecule has 98 valence electrons. The van der Waals surface area contributed by atoms with Gasteiger partial charge in [-0.15, -0.1) is 11.8 Å². The van der Waals surface area contributed by atoms with Gasteiger partial charge in [0.2, 0.25) is 0 Å². The van der Waals surface area contributed by atoms with Crippen LogP contribution in [0.25, 0.3) is 0 Å². The fraction of sp³-hybridized carbons (Fsp3) is 0.133. The SMILES string of the molecule is CSc1ccccc1C(=O)Cc1c(F)cccc1Cl. The Morgan fingerprint density at radius 2 is 1.95 bits per heavy atom. The molecular weight excluding hydrogens is 283 g/mol. The number of thioether (sulfide) groups is 1. The fourth-order valence-electron chi connectivity index (χ4n) is 1.83. The second kappa shape index (κ2) is 6.22. The van der Waals surface area contributed by atoms with Gasteiger partial charge in [0.1, 0.15) is 5.82 Å². The van der Waals surface area contributed by atoms with Gasteiger partial charge < -0.3 is 0 Å². The minimum atomic E-state index is -0.442. The number of carbonyl (C=O) groups is 1. The van der Waals surface area contributed by atoms with Gasteiger partial charge in [-0.05, 0) is 24.5 Å². The van der Waals surface area contributed by atoms with Crippen LogP contribution in [0.2, 0.25) is 5.02 Å². The molecule has 0 saturated carbocycles. The summed E-state index contributed by atoms with van der Waals surface area (Å²) in [5.74, 6) is -0.570. The van der Waals surface area contributed by atoms with Gasteiger partial charge in [-0.2, -0.15) is 0 Å². The maximum atomic E-state index is 13.7. The Kier molecular flexibility index (Phi) is 4.61. The van der Waals surface area contributed by atoms with Gasteiger partial charge in [-0.25, -0.2) is 4.39 Å². The number of carbonyl (C=O) groups excluding carboxylic acids is 1. The number of halogens is 2. The lowest BCUT2D eigenvalue weighted by Gasteiger charge is -2.08. The van der Waals surface area contributed by atoms with Gasteiger partial charge in [0, 0.05) is 27.5 Å². The number of hydrogen-bond donors (Lipinski definition) is 0. The third kappa shape index (κ3) is 3.17. The Hall–Kier alpha value is -1.32. The Balaban J connectivity index is 2.31. The highest BCUT2D eigenvalue weighted by molar-refractivity contribution is 7.98. The standard InChI is InChI=1S/C15H12ClFOS/c1-19-15-8-3-2-5-10(15)14(18)9-11-12(16)6-4-7-13(11)17/h2-8H,9H2,1H3. The minimum absolute atomic E-state index is 0.0247. The molecule has 0 heterocycles. The predicted octanol–water partition coefficient (Wildman–Crippen LogP) is 4.63. The van der Waals surface area contributed by atoms with Crippen LogP contribution in [0.5, 0.6) is 0 Å². The van der Waals surface area contributed by atoms with Gasteiger partial charge in [-0.1, -0.05) is 35.9 Å². The van der Waals surface area contributed by atoms with Crippen molar-refractivity contribution in [2.24, 2.45) is 0 Å². The summed E-state index contributed by atoms with van der Waals surface area (Å²) in [6.07, 6.45) is 1.88. The summed E-state index contributed by atoms with van der Waals surface area (Å²) in [6, 6.07) is 11.7. The first-order valence-electron chi connectivity index (χ1n) is 5.72. The highest BCUT2D eigenvalue weighted by Gasteiger charge is 2.15. The van der Waals surface area contributed by atoms with Crippen LogP contribution in [0.15, 0.2) is 47.4 Å². The normalized spacial score (nSPS) is 10.5. The Labute approximate surface area is 120 Å². The molecule has 0 radical (unpaired) electrons. The van der Waals surface area contributed by atoms with Crippen molar-refractivity contribution >= 4 is 29.1 Å². The average molecular weight is 295 g/mol. The summed E-state index contributed by atoms with van der Waals surface area (Å²) in [5.41, 5.74) is 0.861. The van der Waals surface area contributed by atoms with Crippen molar-refractivity contribution in [2.75, 3.05) is 6.26 Å². The van der Waals surface area contributed by atoms with E-state index in [4.69, 9.17) is 11.6 Å². The lowest BCUT2D eigenvalue weighted by atomic mass is 10.0. The lowest BCUT2D eigenvalue weighted by Crippen LogP contribution is -2.07. The molecule has 0 atom stereocenters. The van der Waals surface area contributed by atoms with Crippen LogP contribution in [0.4, 0.5) is 4.39 Å². The number of benzene rings is 2. The van der Waals surface area contributed by atoms with Crippen molar-refractivity contribution in [3.05, 3.63) is 64.4 Å². The van der Waals surface area contributed by atoms with Crippen LogP contribution in [0, 0.1) is 5.82 Å². The zero-order valence-electron chi connectivity index (χ0n) is 10.3. The molecule has 0 aliphatic carbocycles. The van der Waals surface area contributed by atoms with Crippen LogP contribution in [0.3, 0.4) is 0 Å². The molecule has 0 amide bonds. The van der Waals surface area contributed by atoms with E-state index in [1.165, 1.54) is 23.9 Å². The molecular formula is C15H12ClFOS. The fourth-order valence-corrected chi connectivity index (χ4v) is 2.68. The number of rotatable bonds is 4. The molecule has 1 nitrogen and oxygen atoms in total. The molecule has 2 aromatic carbocycles. The second-order valence-electron chi connectivity index (χ2n) is 4.00. The second-order valence-corrected chi connectivity index (χ2v) is 5.26. The first kappa shape index (κ1) is 14.1. The van der Waals surface area contributed by atoms with Gasteiger partial charge in [0.15, 0.2) is 5.78 Å². The first-order chi connectivity index (χ1) is 9.13. The summed E-state index contributed by atoms with van der Waals surface area (Å²) in [5, 5.41) is 0.287. The van der Waals surface area contributed by atoms with E-state index in [1.807, 2.05) is 18.4 Å². The summed E-state index contributed by atoms with van der Waals surface area (Å²) >= 11 is 7.43. The predicted molar refractivity (Wildman–Crippen MR) is 77.7 cm³/mol. The van der Waals surface area contributed by atoms with E-state index in [-0.39, 0.29) is 22.8 Å². The zero-order chi connectivity index (χ0) is 13.8. The van der Waals surface area contributed by atoms with Crippen LogP contribution in [0.1, 0.15) is 15.9 Å². The molecule has 0 spiro atoms. The van der Waals surface area contributed by atoms with Crippen molar-refractivity contribution in [2.45, 2.75) is 11.3 Å². The summed E-state index contributed by atoms with van der Waals surface area (Å²) < 4.78 is 13.7. The molecule has 0 fully saturated rings. The monoisotopic (exact) mass is 294 g/mol. The quantitative estimate of drug-likeness (QED) is 0.604. The Morgan fingerprint density at radius 3 is 2.63 bits per heavy atom. The molecule has 0 aromatic heterocycles. The van der Waals surface area contributed by atoms with Crippen molar-refractivity contribution in [1.82, 2.24) is 0 Å². The van der Waals surface area contributed by atoms with Crippen LogP contribution in [-0.4, -0.2) is 12.0 Å². The number of hydrogen-bond acceptors (Lipinski definition) is 2.